The maximum Gasteiger partial charge on any atom is 0.132 e. The van der Waals surface area contributed by atoms with Crippen molar-refractivity contribution < 1.29 is 4.39 Å². The topological polar surface area (TPSA) is 43.8 Å². The molecule has 2 aromatic rings. The summed E-state index contributed by atoms with van der Waals surface area (Å²) in [5.74, 6) is 1.50. The van der Waals surface area contributed by atoms with Crippen molar-refractivity contribution in [3.63, 3.8) is 0 Å². The lowest BCUT2D eigenvalue weighted by molar-refractivity contribution is 0.382. The highest BCUT2D eigenvalue weighted by molar-refractivity contribution is 5.74. The number of imidazole rings is 1. The number of hydrogen-bond acceptors (Lipinski definition) is 2. The third-order valence-electron chi connectivity index (χ3n) is 3.58. The minimum Gasteiger partial charge on any atom is -0.383 e. The summed E-state index contributed by atoms with van der Waals surface area (Å²) in [5.41, 5.74) is 8.59. The molecule has 0 bridgehead atoms. The molecule has 4 heteroatoms. The fraction of sp³-hybridized carbons (Fsp3) is 0.471. The predicted molar refractivity (Wildman–Crippen MR) is 85.9 cm³/mol. The lowest BCUT2D eigenvalue weighted by Gasteiger charge is -2.26. The zero-order valence-electron chi connectivity index (χ0n) is 13.7. The number of nitrogens with zero attached hydrogens (tertiary/aromatic N) is 2. The Labute approximate surface area is 126 Å². The molecule has 21 heavy (non-hydrogen) atoms. The molecule has 0 atom stereocenters. The zero-order chi connectivity index (χ0) is 15.9. The second-order valence-electron chi connectivity index (χ2n) is 6.82. The van der Waals surface area contributed by atoms with Crippen molar-refractivity contribution in [1.82, 2.24) is 9.55 Å². The van der Waals surface area contributed by atoms with Gasteiger partial charge in [0.1, 0.15) is 23.2 Å². The van der Waals surface area contributed by atoms with Crippen LogP contribution in [0.25, 0.3) is 11.3 Å². The summed E-state index contributed by atoms with van der Waals surface area (Å²) in [5, 5.41) is 0. The minimum absolute atomic E-state index is 0.170. The number of anilines is 1. The number of nitrogen functional groups attached to an aromatic ring is 1. The molecule has 114 valence electrons. The average Bonchev–Trinajstić information content (AvgIpc) is 2.70. The molecule has 0 unspecified atom stereocenters. The van der Waals surface area contributed by atoms with Crippen LogP contribution in [0.4, 0.5) is 10.2 Å². The van der Waals surface area contributed by atoms with E-state index in [9.17, 15) is 4.39 Å². The van der Waals surface area contributed by atoms with Crippen molar-refractivity contribution in [2.45, 2.75) is 53.0 Å². The van der Waals surface area contributed by atoms with Gasteiger partial charge < -0.3 is 10.3 Å². The van der Waals surface area contributed by atoms with Gasteiger partial charge in [0.2, 0.25) is 0 Å². The van der Waals surface area contributed by atoms with Crippen LogP contribution >= 0.6 is 0 Å². The highest BCUT2D eigenvalue weighted by atomic mass is 19.1. The van der Waals surface area contributed by atoms with Crippen LogP contribution in [0.15, 0.2) is 18.2 Å². The maximum atomic E-state index is 13.6. The average molecular weight is 289 g/mol. The summed E-state index contributed by atoms with van der Waals surface area (Å²) in [7, 11) is 0. The first-order valence-electron chi connectivity index (χ1n) is 7.28. The number of benzene rings is 1. The second-order valence-corrected chi connectivity index (χ2v) is 6.82. The SMILES string of the molecule is Cc1ccc(F)cc1-c1nc(C(C)C)n(C(C)(C)C)c1N. The van der Waals surface area contributed by atoms with Gasteiger partial charge in [-0.1, -0.05) is 19.9 Å². The van der Waals surface area contributed by atoms with E-state index in [4.69, 9.17) is 10.7 Å². The van der Waals surface area contributed by atoms with E-state index in [-0.39, 0.29) is 17.3 Å². The van der Waals surface area contributed by atoms with Gasteiger partial charge in [-0.15, -0.1) is 0 Å². The number of rotatable bonds is 2. The second kappa shape index (κ2) is 5.17. The number of hydrogen-bond donors (Lipinski definition) is 1. The van der Waals surface area contributed by atoms with Crippen molar-refractivity contribution in [2.24, 2.45) is 0 Å². The van der Waals surface area contributed by atoms with Crippen LogP contribution in [0.1, 0.15) is 51.9 Å². The minimum atomic E-state index is -0.272. The molecule has 0 saturated carbocycles. The Bertz CT molecular complexity index is 663. The Morgan fingerprint density at radius 3 is 2.33 bits per heavy atom. The van der Waals surface area contributed by atoms with E-state index in [1.54, 1.807) is 6.07 Å². The molecule has 2 rings (SSSR count). The van der Waals surface area contributed by atoms with Crippen LogP contribution < -0.4 is 5.73 Å². The lowest BCUT2D eigenvalue weighted by Crippen LogP contribution is -2.26. The molecular formula is C17H24FN3. The summed E-state index contributed by atoms with van der Waals surface area (Å²) < 4.78 is 15.6. The molecular weight excluding hydrogens is 265 g/mol. The lowest BCUT2D eigenvalue weighted by atomic mass is 10.0. The van der Waals surface area contributed by atoms with Gasteiger partial charge in [0.15, 0.2) is 0 Å². The van der Waals surface area contributed by atoms with Crippen molar-refractivity contribution >= 4 is 5.82 Å². The van der Waals surface area contributed by atoms with Gasteiger partial charge in [0.25, 0.3) is 0 Å². The van der Waals surface area contributed by atoms with E-state index >= 15 is 0 Å². The van der Waals surface area contributed by atoms with Gasteiger partial charge >= 0.3 is 0 Å². The van der Waals surface area contributed by atoms with Crippen LogP contribution in [-0.2, 0) is 5.54 Å². The molecule has 0 aliphatic carbocycles. The molecule has 1 aromatic heterocycles. The molecule has 0 amide bonds. The highest BCUT2D eigenvalue weighted by Crippen LogP contribution is 2.35. The summed E-state index contributed by atoms with van der Waals surface area (Å²) in [6, 6.07) is 4.72. The Balaban J connectivity index is 2.74. The third kappa shape index (κ3) is 2.80. The molecule has 1 heterocycles. The molecule has 0 fully saturated rings. The quantitative estimate of drug-likeness (QED) is 0.887. The number of nitrogens with two attached hydrogens (primary N) is 1. The Hall–Kier alpha value is -1.84. The molecule has 0 spiro atoms. The van der Waals surface area contributed by atoms with Crippen molar-refractivity contribution in [1.29, 1.82) is 0 Å². The van der Waals surface area contributed by atoms with Crippen molar-refractivity contribution in [2.75, 3.05) is 5.73 Å². The third-order valence-corrected chi connectivity index (χ3v) is 3.58. The zero-order valence-corrected chi connectivity index (χ0v) is 13.7. The summed E-state index contributed by atoms with van der Waals surface area (Å²) in [4.78, 5) is 4.72. The van der Waals surface area contributed by atoms with Crippen LogP contribution in [0, 0.1) is 12.7 Å². The Kier molecular flexibility index (Phi) is 3.83. The summed E-state index contributed by atoms with van der Waals surface area (Å²) in [6.07, 6.45) is 0. The van der Waals surface area contributed by atoms with Crippen LogP contribution in [0.5, 0.6) is 0 Å². The number of halogens is 1. The molecule has 0 radical (unpaired) electrons. The standard InChI is InChI=1S/C17H24FN3/c1-10(2)16-20-14(15(19)21(16)17(4,5)6)13-9-12(18)8-7-11(13)3/h7-10H,19H2,1-6H3. The van der Waals surface area contributed by atoms with Crippen LogP contribution in [0.3, 0.4) is 0 Å². The molecule has 0 aliphatic heterocycles. The molecule has 0 aliphatic rings. The van der Waals surface area contributed by atoms with Crippen LogP contribution in [0.2, 0.25) is 0 Å². The van der Waals surface area contributed by atoms with E-state index in [1.807, 2.05) is 6.92 Å². The largest absolute Gasteiger partial charge is 0.383 e. The summed E-state index contributed by atoms with van der Waals surface area (Å²) in [6.45, 7) is 12.4. The summed E-state index contributed by atoms with van der Waals surface area (Å²) >= 11 is 0. The van der Waals surface area contributed by atoms with Crippen LogP contribution in [-0.4, -0.2) is 9.55 Å². The van der Waals surface area contributed by atoms with Gasteiger partial charge in [-0.3, -0.25) is 0 Å². The maximum absolute atomic E-state index is 13.6. The monoisotopic (exact) mass is 289 g/mol. The number of aryl methyl sites for hydroxylation is 1. The molecule has 0 saturated heterocycles. The predicted octanol–water partition coefficient (Wildman–Crippen LogP) is 4.46. The van der Waals surface area contributed by atoms with Gasteiger partial charge in [-0.2, -0.15) is 0 Å². The van der Waals surface area contributed by atoms with Crippen molar-refractivity contribution in [3.8, 4) is 11.3 Å². The van der Waals surface area contributed by atoms with Gasteiger partial charge in [0, 0.05) is 17.0 Å². The Morgan fingerprint density at radius 2 is 1.86 bits per heavy atom. The first-order valence-corrected chi connectivity index (χ1v) is 7.28. The molecule has 2 N–H and O–H groups in total. The van der Waals surface area contributed by atoms with Crippen molar-refractivity contribution in [3.05, 3.63) is 35.4 Å². The normalized spacial score (nSPS) is 12.2. The number of aromatic nitrogens is 2. The first-order chi connectivity index (χ1) is 9.62. The first kappa shape index (κ1) is 15.5. The van der Waals surface area contributed by atoms with E-state index in [1.165, 1.54) is 12.1 Å². The van der Waals surface area contributed by atoms with Gasteiger partial charge in [-0.05, 0) is 45.4 Å². The van der Waals surface area contributed by atoms with E-state index in [0.717, 1.165) is 17.0 Å². The molecule has 3 nitrogen and oxygen atoms in total. The van der Waals surface area contributed by atoms with Gasteiger partial charge in [0.05, 0.1) is 0 Å². The van der Waals surface area contributed by atoms with E-state index in [0.29, 0.717) is 11.5 Å². The van der Waals surface area contributed by atoms with Gasteiger partial charge in [-0.25, -0.2) is 9.37 Å². The fourth-order valence-electron chi connectivity index (χ4n) is 2.59. The fourth-order valence-corrected chi connectivity index (χ4v) is 2.59. The van der Waals surface area contributed by atoms with E-state index in [2.05, 4.69) is 39.2 Å². The van der Waals surface area contributed by atoms with E-state index < -0.39 is 0 Å². The Morgan fingerprint density at radius 1 is 1.24 bits per heavy atom. The smallest absolute Gasteiger partial charge is 0.132 e. The molecule has 1 aromatic carbocycles. The highest BCUT2D eigenvalue weighted by Gasteiger charge is 2.26.